The number of allylic oxidation sites excluding steroid dienone is 8. The van der Waals surface area contributed by atoms with Crippen LogP contribution < -0.4 is 0 Å². The third kappa shape index (κ3) is 5.71. The maximum absolute atomic E-state index is 6.17. The fourth-order valence-electron chi connectivity index (χ4n) is 2.08. The van der Waals surface area contributed by atoms with Gasteiger partial charge in [0.15, 0.2) is 0 Å². The van der Waals surface area contributed by atoms with Gasteiger partial charge < -0.3 is 4.74 Å². The molecule has 0 aromatic rings. The number of ether oxygens (including phenoxy) is 1. The van der Waals surface area contributed by atoms with E-state index in [2.05, 4.69) is 72.9 Å². The Balaban J connectivity index is 1.96. The van der Waals surface area contributed by atoms with Crippen molar-refractivity contribution in [1.29, 1.82) is 0 Å². The number of hydrogen-bond acceptors (Lipinski definition) is 1. The third-order valence-electron chi connectivity index (χ3n) is 3.11. The highest BCUT2D eigenvalue weighted by Gasteiger charge is 2.10. The lowest BCUT2D eigenvalue weighted by molar-refractivity contribution is 0.0450. The highest BCUT2D eigenvalue weighted by molar-refractivity contribution is 5.12. The summed E-state index contributed by atoms with van der Waals surface area (Å²) < 4.78 is 6.17. The highest BCUT2D eigenvalue weighted by atomic mass is 16.5. The summed E-state index contributed by atoms with van der Waals surface area (Å²) in [6.45, 7) is 0. The first-order valence-electron chi connectivity index (χ1n) is 7.07. The second kappa shape index (κ2) is 8.49. The van der Waals surface area contributed by atoms with E-state index in [1.807, 2.05) is 0 Å². The Kier molecular flexibility index (Phi) is 6.18. The summed E-state index contributed by atoms with van der Waals surface area (Å²) in [6.07, 6.45) is 30.0. The minimum absolute atomic E-state index is 0.159. The second-order valence-electron chi connectivity index (χ2n) is 4.72. The lowest BCUT2D eigenvalue weighted by Crippen LogP contribution is -2.18. The summed E-state index contributed by atoms with van der Waals surface area (Å²) in [4.78, 5) is 0. The average Bonchev–Trinajstić information content (AvgIpc) is 2.62. The lowest BCUT2D eigenvalue weighted by atomic mass is 10.2. The van der Waals surface area contributed by atoms with E-state index in [1.54, 1.807) is 0 Å². The molecule has 0 aromatic carbocycles. The summed E-state index contributed by atoms with van der Waals surface area (Å²) in [6, 6.07) is 0. The van der Waals surface area contributed by atoms with Crippen LogP contribution in [0, 0.1) is 0 Å². The molecule has 2 atom stereocenters. The molecule has 2 aliphatic carbocycles. The van der Waals surface area contributed by atoms with Gasteiger partial charge in [0.1, 0.15) is 0 Å². The van der Waals surface area contributed by atoms with Crippen molar-refractivity contribution >= 4 is 0 Å². The first kappa shape index (κ1) is 13.8. The SMILES string of the molecule is C1=CC(OC2/C=C\C=CC/C=C\C2)C/C=C\C/C=C\1. The van der Waals surface area contributed by atoms with Crippen molar-refractivity contribution in [3.05, 3.63) is 72.9 Å². The highest BCUT2D eigenvalue weighted by Crippen LogP contribution is 2.13. The van der Waals surface area contributed by atoms with Crippen molar-refractivity contribution in [2.45, 2.75) is 37.9 Å². The van der Waals surface area contributed by atoms with Crippen LogP contribution in [0.2, 0.25) is 0 Å². The maximum Gasteiger partial charge on any atom is 0.0801 e. The summed E-state index contributed by atoms with van der Waals surface area (Å²) >= 11 is 0. The normalized spacial score (nSPS) is 33.9. The molecule has 0 spiro atoms. The van der Waals surface area contributed by atoms with Crippen molar-refractivity contribution in [1.82, 2.24) is 0 Å². The zero-order valence-corrected chi connectivity index (χ0v) is 11.3. The van der Waals surface area contributed by atoms with Crippen LogP contribution in [0.1, 0.15) is 25.7 Å². The van der Waals surface area contributed by atoms with Crippen LogP contribution in [0.5, 0.6) is 0 Å². The summed E-state index contributed by atoms with van der Waals surface area (Å²) in [5.41, 5.74) is 0. The Hall–Kier alpha value is -1.60. The molecule has 0 saturated heterocycles. The molecular formula is C18H22O. The van der Waals surface area contributed by atoms with Crippen LogP contribution in [-0.2, 0) is 4.74 Å². The lowest BCUT2D eigenvalue weighted by Gasteiger charge is -2.18. The first-order chi connectivity index (χ1) is 9.45. The smallest absolute Gasteiger partial charge is 0.0801 e. The van der Waals surface area contributed by atoms with Gasteiger partial charge in [-0.3, -0.25) is 0 Å². The van der Waals surface area contributed by atoms with Gasteiger partial charge in [0, 0.05) is 0 Å². The molecule has 0 aromatic heterocycles. The quantitative estimate of drug-likeness (QED) is 0.651. The van der Waals surface area contributed by atoms with Gasteiger partial charge in [-0.25, -0.2) is 0 Å². The van der Waals surface area contributed by atoms with Crippen LogP contribution >= 0.6 is 0 Å². The van der Waals surface area contributed by atoms with Gasteiger partial charge in [-0.1, -0.05) is 72.9 Å². The Labute approximate surface area is 116 Å². The van der Waals surface area contributed by atoms with Crippen LogP contribution in [0.15, 0.2) is 72.9 Å². The molecule has 0 heterocycles. The maximum atomic E-state index is 6.17. The summed E-state index contributed by atoms with van der Waals surface area (Å²) in [7, 11) is 0. The largest absolute Gasteiger partial charge is 0.366 e. The van der Waals surface area contributed by atoms with E-state index in [-0.39, 0.29) is 12.2 Å². The van der Waals surface area contributed by atoms with Crippen molar-refractivity contribution in [3.8, 4) is 0 Å². The molecule has 2 unspecified atom stereocenters. The fraction of sp³-hybridized carbons (Fsp3) is 0.333. The predicted octanol–water partition coefficient (Wildman–Crippen LogP) is 4.67. The van der Waals surface area contributed by atoms with Gasteiger partial charge >= 0.3 is 0 Å². The van der Waals surface area contributed by atoms with Crippen LogP contribution in [-0.4, -0.2) is 12.2 Å². The molecule has 2 rings (SSSR count). The molecule has 2 aliphatic rings. The van der Waals surface area contributed by atoms with Crippen molar-refractivity contribution in [2.75, 3.05) is 0 Å². The monoisotopic (exact) mass is 254 g/mol. The molecule has 0 aliphatic heterocycles. The first-order valence-corrected chi connectivity index (χ1v) is 7.07. The third-order valence-corrected chi connectivity index (χ3v) is 3.11. The molecule has 0 amide bonds. The van der Waals surface area contributed by atoms with Crippen LogP contribution in [0.3, 0.4) is 0 Å². The molecule has 0 fully saturated rings. The Morgan fingerprint density at radius 2 is 1.11 bits per heavy atom. The van der Waals surface area contributed by atoms with Gasteiger partial charge in [0.05, 0.1) is 12.2 Å². The Morgan fingerprint density at radius 3 is 1.63 bits per heavy atom. The average molecular weight is 254 g/mol. The minimum Gasteiger partial charge on any atom is -0.366 e. The summed E-state index contributed by atoms with van der Waals surface area (Å²) in [5, 5.41) is 0. The van der Waals surface area contributed by atoms with Gasteiger partial charge in [-0.2, -0.15) is 0 Å². The van der Waals surface area contributed by atoms with E-state index in [4.69, 9.17) is 4.74 Å². The Bertz CT molecular complexity index is 381. The van der Waals surface area contributed by atoms with Crippen LogP contribution in [0.4, 0.5) is 0 Å². The molecule has 1 heteroatoms. The molecule has 100 valence electrons. The fourth-order valence-corrected chi connectivity index (χ4v) is 2.08. The van der Waals surface area contributed by atoms with E-state index in [0.29, 0.717) is 0 Å². The predicted molar refractivity (Wildman–Crippen MR) is 82.0 cm³/mol. The Morgan fingerprint density at radius 1 is 0.579 bits per heavy atom. The second-order valence-corrected chi connectivity index (χ2v) is 4.72. The van der Waals surface area contributed by atoms with Crippen LogP contribution in [0.25, 0.3) is 0 Å². The minimum atomic E-state index is 0.159. The topological polar surface area (TPSA) is 9.23 Å². The molecule has 1 nitrogen and oxygen atoms in total. The van der Waals surface area contributed by atoms with Gasteiger partial charge in [-0.05, 0) is 25.7 Å². The molecular weight excluding hydrogens is 232 g/mol. The van der Waals surface area contributed by atoms with Gasteiger partial charge in [0.2, 0.25) is 0 Å². The van der Waals surface area contributed by atoms with E-state index >= 15 is 0 Å². The molecule has 0 saturated carbocycles. The van der Waals surface area contributed by atoms with E-state index < -0.39 is 0 Å². The van der Waals surface area contributed by atoms with Gasteiger partial charge in [-0.15, -0.1) is 0 Å². The van der Waals surface area contributed by atoms with E-state index in [0.717, 1.165) is 25.7 Å². The summed E-state index contributed by atoms with van der Waals surface area (Å²) in [5.74, 6) is 0. The number of hydrogen-bond donors (Lipinski definition) is 0. The van der Waals surface area contributed by atoms with E-state index in [9.17, 15) is 0 Å². The van der Waals surface area contributed by atoms with Crippen molar-refractivity contribution in [3.63, 3.8) is 0 Å². The molecule has 0 radical (unpaired) electrons. The zero-order valence-electron chi connectivity index (χ0n) is 11.3. The van der Waals surface area contributed by atoms with E-state index in [1.165, 1.54) is 0 Å². The molecule has 0 bridgehead atoms. The molecule has 0 N–H and O–H groups in total. The van der Waals surface area contributed by atoms with Crippen molar-refractivity contribution in [2.24, 2.45) is 0 Å². The number of rotatable bonds is 2. The molecule has 19 heavy (non-hydrogen) atoms. The zero-order chi connectivity index (χ0) is 13.2. The standard InChI is InChI=1S/C18H22O/c1-2-6-10-14-17(13-9-5-1)19-18-15-11-7-3-4-8-12-16-18/h1,3,5-13,15,17-18H,2,4,14,16H2/b5-1-,7-3?,10-6-,12-8-,13-9?,15-11-. The van der Waals surface area contributed by atoms with Crippen molar-refractivity contribution < 1.29 is 4.74 Å². The van der Waals surface area contributed by atoms with Gasteiger partial charge in [0.25, 0.3) is 0 Å².